The molecule has 170 valence electrons. The number of benzene rings is 2. The second-order valence-corrected chi connectivity index (χ2v) is 9.23. The molecule has 33 heavy (non-hydrogen) atoms. The average Bonchev–Trinajstić information content (AvgIpc) is 3.52. The molecule has 6 rings (SSSR count). The van der Waals surface area contributed by atoms with Crippen molar-refractivity contribution in [2.75, 3.05) is 31.0 Å². The second kappa shape index (κ2) is 6.81. The third-order valence-electron chi connectivity index (χ3n) is 7.77. The minimum Gasteiger partial charge on any atom is -0.497 e. The number of aryl methyl sites for hydroxylation is 1. The maximum Gasteiger partial charge on any atom is 0.250 e. The molecular formula is C25H25N3O5. The van der Waals surface area contributed by atoms with Crippen LogP contribution in [0.2, 0.25) is 0 Å². The number of imide groups is 1. The van der Waals surface area contributed by atoms with Crippen molar-refractivity contribution in [3.8, 4) is 11.5 Å². The molecule has 0 bridgehead atoms. The number of anilines is 2. The highest BCUT2D eigenvalue weighted by atomic mass is 16.5. The Morgan fingerprint density at radius 3 is 2.61 bits per heavy atom. The average molecular weight is 447 g/mol. The lowest BCUT2D eigenvalue weighted by Gasteiger charge is -2.36. The number of nitrogens with one attached hydrogen (secondary N) is 1. The first-order chi connectivity index (χ1) is 15.9. The summed E-state index contributed by atoms with van der Waals surface area (Å²) >= 11 is 0. The molecule has 0 aliphatic carbocycles. The molecule has 0 saturated carbocycles. The highest BCUT2D eigenvalue weighted by Crippen LogP contribution is 2.61. The van der Waals surface area contributed by atoms with Gasteiger partial charge >= 0.3 is 0 Å². The molecule has 4 heterocycles. The monoisotopic (exact) mass is 447 g/mol. The molecule has 4 aliphatic rings. The molecule has 3 fully saturated rings. The van der Waals surface area contributed by atoms with Crippen molar-refractivity contribution in [3.05, 3.63) is 47.5 Å². The molecule has 0 radical (unpaired) electrons. The number of nitrogens with zero attached hydrogens (tertiary/aromatic N) is 2. The van der Waals surface area contributed by atoms with E-state index < -0.39 is 17.4 Å². The molecule has 0 aromatic heterocycles. The summed E-state index contributed by atoms with van der Waals surface area (Å²) in [7, 11) is 3.03. The van der Waals surface area contributed by atoms with Gasteiger partial charge in [0, 0.05) is 23.4 Å². The van der Waals surface area contributed by atoms with Gasteiger partial charge in [-0.25, -0.2) is 4.90 Å². The fourth-order valence-electron chi connectivity index (χ4n) is 6.53. The van der Waals surface area contributed by atoms with Gasteiger partial charge in [-0.2, -0.15) is 0 Å². The van der Waals surface area contributed by atoms with Crippen LogP contribution < -0.4 is 19.7 Å². The van der Waals surface area contributed by atoms with Gasteiger partial charge in [-0.1, -0.05) is 17.7 Å². The number of hydrogen-bond acceptors (Lipinski definition) is 6. The van der Waals surface area contributed by atoms with E-state index in [-0.39, 0.29) is 23.8 Å². The minimum absolute atomic E-state index is 0.162. The van der Waals surface area contributed by atoms with Gasteiger partial charge in [0.15, 0.2) is 0 Å². The van der Waals surface area contributed by atoms with Crippen molar-refractivity contribution in [1.29, 1.82) is 0 Å². The molecular weight excluding hydrogens is 422 g/mol. The summed E-state index contributed by atoms with van der Waals surface area (Å²) in [5.41, 5.74) is 1.69. The number of hydrogen-bond donors (Lipinski definition) is 1. The predicted molar refractivity (Wildman–Crippen MR) is 120 cm³/mol. The van der Waals surface area contributed by atoms with Crippen molar-refractivity contribution in [1.82, 2.24) is 4.90 Å². The van der Waals surface area contributed by atoms with Crippen LogP contribution in [0.1, 0.15) is 24.0 Å². The Morgan fingerprint density at radius 1 is 1.03 bits per heavy atom. The summed E-state index contributed by atoms with van der Waals surface area (Å²) in [5, 5.41) is 3.01. The van der Waals surface area contributed by atoms with Gasteiger partial charge in [0.25, 0.3) is 0 Å². The van der Waals surface area contributed by atoms with Gasteiger partial charge in [0.05, 0.1) is 31.7 Å². The summed E-state index contributed by atoms with van der Waals surface area (Å²) in [5.74, 6) is -1.33. The highest BCUT2D eigenvalue weighted by Gasteiger charge is 2.74. The largest absolute Gasteiger partial charge is 0.497 e. The fourth-order valence-corrected chi connectivity index (χ4v) is 6.53. The van der Waals surface area contributed by atoms with E-state index in [2.05, 4.69) is 10.2 Å². The van der Waals surface area contributed by atoms with E-state index in [1.165, 1.54) is 19.1 Å². The normalized spacial score (nSPS) is 30.0. The van der Waals surface area contributed by atoms with Crippen molar-refractivity contribution >= 4 is 29.1 Å². The zero-order valence-electron chi connectivity index (χ0n) is 18.8. The van der Waals surface area contributed by atoms with E-state index in [4.69, 9.17) is 9.47 Å². The standard InChI is InChI=1S/C25H25N3O5/c1-13-6-8-16-15(11-13)25(24(31)26-16)21-20(17-5-4-10-27(17)25)22(29)28(23(21)30)18-12-14(32-2)7-9-19(18)33-3/h6-9,11-12,17,20-21H,4-5,10H2,1-3H3,(H,26,31)/t17-,20+,21-,25+/m0/s1. The van der Waals surface area contributed by atoms with Crippen molar-refractivity contribution in [3.63, 3.8) is 0 Å². The Morgan fingerprint density at radius 2 is 1.85 bits per heavy atom. The lowest BCUT2D eigenvalue weighted by Crippen LogP contribution is -2.54. The minimum atomic E-state index is -1.18. The number of carbonyl (C=O) groups is 3. The van der Waals surface area contributed by atoms with E-state index in [1.807, 2.05) is 25.1 Å². The van der Waals surface area contributed by atoms with Crippen molar-refractivity contribution < 1.29 is 23.9 Å². The SMILES string of the molecule is COc1ccc(OC)c(N2C(=O)[C@H]3[C@@H](C2=O)[C@]2(C(=O)Nc4ccc(C)cc42)N2CCC[C@@H]32)c1. The van der Waals surface area contributed by atoms with Crippen LogP contribution in [-0.2, 0) is 19.9 Å². The predicted octanol–water partition coefficient (Wildman–Crippen LogP) is 2.44. The van der Waals surface area contributed by atoms with Crippen LogP contribution in [0.15, 0.2) is 36.4 Å². The van der Waals surface area contributed by atoms with Crippen molar-refractivity contribution in [2.45, 2.75) is 31.3 Å². The fraction of sp³-hybridized carbons (Fsp3) is 0.400. The van der Waals surface area contributed by atoms with Gasteiger partial charge in [0.2, 0.25) is 17.7 Å². The number of ether oxygens (including phenoxy) is 2. The van der Waals surface area contributed by atoms with Crippen molar-refractivity contribution in [2.24, 2.45) is 11.8 Å². The number of methoxy groups -OCH3 is 2. The smallest absolute Gasteiger partial charge is 0.250 e. The summed E-state index contributed by atoms with van der Waals surface area (Å²) in [6.07, 6.45) is 1.66. The summed E-state index contributed by atoms with van der Waals surface area (Å²) in [4.78, 5) is 45.0. The Kier molecular flexibility index (Phi) is 4.17. The van der Waals surface area contributed by atoms with Crippen LogP contribution >= 0.6 is 0 Å². The number of carbonyl (C=O) groups excluding carboxylic acids is 3. The van der Waals surface area contributed by atoms with Crippen LogP contribution in [0.3, 0.4) is 0 Å². The Balaban J connectivity index is 1.56. The maximum atomic E-state index is 14.1. The molecule has 4 atom stereocenters. The summed E-state index contributed by atoms with van der Waals surface area (Å²) < 4.78 is 10.8. The molecule has 1 N–H and O–H groups in total. The number of amides is 3. The summed E-state index contributed by atoms with van der Waals surface area (Å²) in [6, 6.07) is 10.7. The first-order valence-electron chi connectivity index (χ1n) is 11.2. The third-order valence-corrected chi connectivity index (χ3v) is 7.77. The maximum absolute atomic E-state index is 14.1. The molecule has 3 amide bonds. The highest BCUT2D eigenvalue weighted by molar-refractivity contribution is 6.26. The quantitative estimate of drug-likeness (QED) is 0.728. The molecule has 8 heteroatoms. The van der Waals surface area contributed by atoms with Crippen LogP contribution in [-0.4, -0.2) is 49.4 Å². The van der Waals surface area contributed by atoms with Gasteiger partial charge in [-0.3, -0.25) is 19.3 Å². The summed E-state index contributed by atoms with van der Waals surface area (Å²) in [6.45, 7) is 2.65. The molecule has 2 aromatic rings. The van der Waals surface area contributed by atoms with E-state index in [1.54, 1.807) is 18.2 Å². The van der Waals surface area contributed by atoms with Gasteiger partial charge in [-0.15, -0.1) is 0 Å². The third kappa shape index (κ3) is 2.36. The van der Waals surface area contributed by atoms with Crippen LogP contribution in [0, 0.1) is 18.8 Å². The second-order valence-electron chi connectivity index (χ2n) is 9.23. The number of rotatable bonds is 3. The van der Waals surface area contributed by atoms with Gasteiger partial charge in [-0.05, 0) is 44.5 Å². The molecule has 4 aliphatic heterocycles. The van der Waals surface area contributed by atoms with Crippen LogP contribution in [0.5, 0.6) is 11.5 Å². The zero-order chi connectivity index (χ0) is 23.1. The molecule has 2 aromatic carbocycles. The van der Waals surface area contributed by atoms with Crippen LogP contribution in [0.4, 0.5) is 11.4 Å². The molecule has 3 saturated heterocycles. The topological polar surface area (TPSA) is 88.2 Å². The molecule has 0 unspecified atom stereocenters. The van der Waals surface area contributed by atoms with E-state index in [9.17, 15) is 14.4 Å². The first-order valence-corrected chi connectivity index (χ1v) is 11.2. The molecule has 1 spiro atoms. The first kappa shape index (κ1) is 20.2. The Labute approximate surface area is 191 Å². The zero-order valence-corrected chi connectivity index (χ0v) is 18.8. The molecule has 8 nitrogen and oxygen atoms in total. The van der Waals surface area contributed by atoms with Gasteiger partial charge < -0.3 is 14.8 Å². The van der Waals surface area contributed by atoms with E-state index in [0.29, 0.717) is 23.7 Å². The van der Waals surface area contributed by atoms with Gasteiger partial charge in [0.1, 0.15) is 17.0 Å². The van der Waals surface area contributed by atoms with Crippen LogP contribution in [0.25, 0.3) is 0 Å². The Hall–Kier alpha value is -3.39. The lowest BCUT2D eigenvalue weighted by atomic mass is 9.75. The number of fused-ring (bicyclic) bond motifs is 7. The Bertz CT molecular complexity index is 1230. The van der Waals surface area contributed by atoms with E-state index >= 15 is 0 Å². The van der Waals surface area contributed by atoms with E-state index in [0.717, 1.165) is 29.7 Å². The lowest BCUT2D eigenvalue weighted by molar-refractivity contribution is -0.135.